The van der Waals surface area contributed by atoms with Gasteiger partial charge in [-0.05, 0) is 187 Å². The molecule has 0 nitrogen and oxygen atoms in total. The number of rotatable bonds is 4. The summed E-state index contributed by atoms with van der Waals surface area (Å²) in [6, 6.07) is 91.3. The maximum absolute atomic E-state index is 2.53. The highest BCUT2D eigenvalue weighted by atomic mass is 14.3. The van der Waals surface area contributed by atoms with E-state index in [0.29, 0.717) is 0 Å². The van der Waals surface area contributed by atoms with Crippen molar-refractivity contribution in [3.8, 4) is 44.5 Å². The molecule has 0 heteroatoms. The molecule has 0 saturated heterocycles. The van der Waals surface area contributed by atoms with E-state index in [1.807, 2.05) is 0 Å². The van der Waals surface area contributed by atoms with Gasteiger partial charge in [0.15, 0.2) is 0 Å². The molecule has 0 N–H and O–H groups in total. The van der Waals surface area contributed by atoms with Gasteiger partial charge in [0, 0.05) is 0 Å². The van der Waals surface area contributed by atoms with Crippen molar-refractivity contribution in [3.63, 3.8) is 0 Å². The predicted molar refractivity (Wildman–Crippen MR) is 303 cm³/mol. The van der Waals surface area contributed by atoms with Crippen LogP contribution in [0.4, 0.5) is 0 Å². The Morgan fingerprint density at radius 3 is 1.24 bits per heavy atom. The summed E-state index contributed by atoms with van der Waals surface area (Å²) in [4.78, 5) is 0. The van der Waals surface area contributed by atoms with Crippen molar-refractivity contribution in [2.45, 2.75) is 0 Å². The summed E-state index contributed by atoms with van der Waals surface area (Å²) >= 11 is 0. The molecule has 320 valence electrons. The van der Waals surface area contributed by atoms with Gasteiger partial charge in [-0.25, -0.2) is 0 Å². The summed E-state index contributed by atoms with van der Waals surface area (Å²) in [6.45, 7) is 0. The second kappa shape index (κ2) is 14.2. The van der Waals surface area contributed by atoms with E-state index in [1.54, 1.807) is 0 Å². The molecule has 16 aromatic rings. The topological polar surface area (TPSA) is 0 Å². The van der Waals surface area contributed by atoms with Gasteiger partial charge in [0.05, 0.1) is 0 Å². The van der Waals surface area contributed by atoms with Crippen molar-refractivity contribution in [2.75, 3.05) is 0 Å². The molecule has 0 amide bonds. The Balaban J connectivity index is 0.932. The Labute approximate surface area is 403 Å². The van der Waals surface area contributed by atoms with Gasteiger partial charge in [0.25, 0.3) is 0 Å². The first kappa shape index (κ1) is 37.9. The molecule has 0 fully saturated rings. The van der Waals surface area contributed by atoms with Crippen LogP contribution in [0, 0.1) is 0 Å². The fourth-order valence-electron chi connectivity index (χ4n) is 12.9. The third-order valence-electron chi connectivity index (χ3n) is 15.9. The fraction of sp³-hybridized carbons (Fsp3) is 0. The van der Waals surface area contributed by atoms with Crippen LogP contribution in [0.15, 0.2) is 243 Å². The lowest BCUT2D eigenvalue weighted by atomic mass is 9.84. The minimum absolute atomic E-state index is 1.23. The van der Waals surface area contributed by atoms with Crippen LogP contribution in [0.1, 0.15) is 0 Å². The zero-order valence-electron chi connectivity index (χ0n) is 38.1. The fourth-order valence-corrected chi connectivity index (χ4v) is 12.9. The Morgan fingerprint density at radius 1 is 0.157 bits per heavy atom. The minimum atomic E-state index is 1.23. The molecule has 0 aliphatic rings. The molecule has 0 heterocycles. The van der Waals surface area contributed by atoms with Gasteiger partial charge >= 0.3 is 0 Å². The molecule has 16 aromatic carbocycles. The van der Waals surface area contributed by atoms with Crippen molar-refractivity contribution in [3.05, 3.63) is 243 Å². The third kappa shape index (κ3) is 5.15. The van der Waals surface area contributed by atoms with Crippen LogP contribution >= 0.6 is 0 Å². The van der Waals surface area contributed by atoms with Crippen LogP contribution < -0.4 is 0 Å². The average molecular weight is 881 g/mol. The molecule has 70 heavy (non-hydrogen) atoms. The highest BCUT2D eigenvalue weighted by molar-refractivity contribution is 6.45. The molecule has 0 radical (unpaired) electrons. The Morgan fingerprint density at radius 2 is 0.571 bits per heavy atom. The monoisotopic (exact) mass is 880 g/mol. The van der Waals surface area contributed by atoms with Crippen LogP contribution in [0.25, 0.3) is 163 Å². The number of benzene rings is 14. The number of hydrogen-bond acceptors (Lipinski definition) is 0. The lowest BCUT2D eigenvalue weighted by Crippen LogP contribution is -1.91. The predicted octanol–water partition coefficient (Wildman–Crippen LogP) is 19.9. The van der Waals surface area contributed by atoms with Gasteiger partial charge in [-0.2, -0.15) is 0 Å². The maximum atomic E-state index is 2.53. The molecule has 0 spiro atoms. The molecular weight excluding hydrogens is 841 g/mol. The van der Waals surface area contributed by atoms with Gasteiger partial charge in [-0.15, -0.1) is 0 Å². The van der Waals surface area contributed by atoms with Crippen molar-refractivity contribution in [2.24, 2.45) is 0 Å². The van der Waals surface area contributed by atoms with E-state index < -0.39 is 0 Å². The quantitative estimate of drug-likeness (QED) is 0.155. The first-order valence-corrected chi connectivity index (χ1v) is 24.5. The van der Waals surface area contributed by atoms with Crippen LogP contribution in [0.2, 0.25) is 0 Å². The zero-order chi connectivity index (χ0) is 45.6. The van der Waals surface area contributed by atoms with Crippen molar-refractivity contribution in [1.82, 2.24) is 0 Å². The van der Waals surface area contributed by atoms with Crippen LogP contribution in [-0.4, -0.2) is 0 Å². The maximum Gasteiger partial charge on any atom is -0.000719 e. The molecule has 0 aliphatic heterocycles. The van der Waals surface area contributed by atoms with E-state index >= 15 is 0 Å². The molecule has 16 rings (SSSR count). The number of fused-ring (bicyclic) bond motifs is 15. The Kier molecular flexibility index (Phi) is 7.70. The second-order valence-corrected chi connectivity index (χ2v) is 19.4. The molecule has 0 aliphatic carbocycles. The van der Waals surface area contributed by atoms with E-state index in [1.165, 1.54) is 163 Å². The van der Waals surface area contributed by atoms with E-state index in [0.717, 1.165) is 0 Å². The van der Waals surface area contributed by atoms with E-state index in [-0.39, 0.29) is 0 Å². The summed E-state index contributed by atoms with van der Waals surface area (Å²) in [6.07, 6.45) is 0. The summed E-state index contributed by atoms with van der Waals surface area (Å²) in [5, 5.41) is 28.7. The zero-order valence-corrected chi connectivity index (χ0v) is 38.1. The molecule has 0 atom stereocenters. The van der Waals surface area contributed by atoms with Crippen LogP contribution in [-0.2, 0) is 0 Å². The lowest BCUT2D eigenvalue weighted by Gasteiger charge is -2.19. The van der Waals surface area contributed by atoms with Crippen molar-refractivity contribution in [1.29, 1.82) is 0 Å². The van der Waals surface area contributed by atoms with Gasteiger partial charge in [-0.3, -0.25) is 0 Å². The summed E-state index contributed by atoms with van der Waals surface area (Å²) in [5.74, 6) is 0. The van der Waals surface area contributed by atoms with Gasteiger partial charge < -0.3 is 0 Å². The molecular formula is C70H40. The highest BCUT2D eigenvalue weighted by Crippen LogP contribution is 2.55. The van der Waals surface area contributed by atoms with Gasteiger partial charge in [-0.1, -0.05) is 218 Å². The van der Waals surface area contributed by atoms with Crippen molar-refractivity contribution < 1.29 is 0 Å². The van der Waals surface area contributed by atoms with E-state index in [2.05, 4.69) is 243 Å². The number of hydrogen-bond donors (Lipinski definition) is 0. The molecule has 0 bridgehead atoms. The highest BCUT2D eigenvalue weighted by Gasteiger charge is 2.27. The Hall–Kier alpha value is -9.10. The Bertz CT molecular complexity index is 4810. The first-order chi connectivity index (χ1) is 34.7. The van der Waals surface area contributed by atoms with Crippen molar-refractivity contribution >= 4 is 118 Å². The largest absolute Gasteiger partial charge is 0.0622 e. The molecule has 0 saturated carbocycles. The minimum Gasteiger partial charge on any atom is -0.0622 e. The van der Waals surface area contributed by atoms with E-state index in [4.69, 9.17) is 0 Å². The third-order valence-corrected chi connectivity index (χ3v) is 15.9. The van der Waals surface area contributed by atoms with E-state index in [9.17, 15) is 0 Å². The van der Waals surface area contributed by atoms with Gasteiger partial charge in [0.1, 0.15) is 0 Å². The average Bonchev–Trinajstić information content (AvgIpc) is 3.94. The normalized spacial score (nSPS) is 12.3. The molecule has 0 unspecified atom stereocenters. The second-order valence-electron chi connectivity index (χ2n) is 19.4. The van der Waals surface area contributed by atoms with Gasteiger partial charge in [0.2, 0.25) is 0 Å². The first-order valence-electron chi connectivity index (χ1n) is 24.5. The summed E-state index contributed by atoms with van der Waals surface area (Å²) < 4.78 is 0. The lowest BCUT2D eigenvalue weighted by molar-refractivity contribution is 1.67. The molecule has 0 aromatic heterocycles. The summed E-state index contributed by atoms with van der Waals surface area (Å²) in [5.41, 5.74) is 10.0. The van der Waals surface area contributed by atoms with Crippen LogP contribution in [0.3, 0.4) is 0 Å². The van der Waals surface area contributed by atoms with Crippen LogP contribution in [0.5, 0.6) is 0 Å². The summed E-state index contributed by atoms with van der Waals surface area (Å²) in [7, 11) is 0. The smallest absolute Gasteiger partial charge is 0.000719 e. The SMILES string of the molecule is c1ccc(-c2c3cc4c5ccccc5c5cccc(c3c(-c3ccccc3)c3c6cccc7c(-c8ccc9cc(-c%10ccc%11c%12ccccc%12c%12ccccc%12c%11c%10)ccc9c8)ccc(c23)c76)c54)cc1. The standard InChI is InChI=1S/C70H40/c1-3-15-41(16-4-1)64-63-40-62-54-24-12-10-22-52(54)57-26-14-27-58(67(57)62)68(63)65(42-17-5-2-6-18-42)70-59-28-13-25-56-48(35-36-60(66(56)59)69(64)70)47-32-31-43-37-44(29-30-45(43)38-47)46-33-34-55-51-21-8-7-19-49(51)50-20-9-11-23-53(50)61(55)39-46/h1-40H.